The Morgan fingerprint density at radius 2 is 1.73 bits per heavy atom. The normalized spacial score (nSPS) is 10.3. The molecule has 0 bridgehead atoms. The number of benzene rings is 1. The van der Waals surface area contributed by atoms with Crippen LogP contribution in [-0.2, 0) is 0 Å². The van der Waals surface area contributed by atoms with Gasteiger partial charge >= 0.3 is 0 Å². The summed E-state index contributed by atoms with van der Waals surface area (Å²) >= 11 is 0. The van der Waals surface area contributed by atoms with Crippen LogP contribution in [0, 0.1) is 13.8 Å². The summed E-state index contributed by atoms with van der Waals surface area (Å²) in [5.74, 6) is 0. The van der Waals surface area contributed by atoms with E-state index >= 15 is 0 Å². The van der Waals surface area contributed by atoms with E-state index in [1.54, 1.807) is 6.20 Å². The third-order valence-corrected chi connectivity index (χ3v) is 2.19. The maximum atomic E-state index is 11.1. The van der Waals surface area contributed by atoms with Crippen molar-refractivity contribution in [3.63, 3.8) is 0 Å². The van der Waals surface area contributed by atoms with Crippen LogP contribution < -0.4 is 5.56 Å². The molecule has 0 aliphatic heterocycles. The minimum atomic E-state index is -0.174. The molecule has 0 radical (unpaired) electrons. The van der Waals surface area contributed by atoms with Gasteiger partial charge in [0, 0.05) is 5.56 Å². The lowest BCUT2D eigenvalue weighted by molar-refractivity contribution is 1.14. The smallest absolute Gasteiger partial charge is 0.266 e. The minimum Gasteiger partial charge on any atom is -0.319 e. The molecule has 0 fully saturated rings. The average Bonchev–Trinajstić information content (AvgIpc) is 2.16. The Bertz CT molecular complexity index is 523. The molecule has 0 aliphatic carbocycles. The first-order valence-corrected chi connectivity index (χ1v) is 4.78. The van der Waals surface area contributed by atoms with Gasteiger partial charge in [0.1, 0.15) is 0 Å². The fraction of sp³-hybridized carbons (Fsp3) is 0.167. The standard InChI is InChI=1S/C12H12N2O/c1-8-3-9(2)5-10(4-8)11-6-13-7-12(15)14-11/h3-7H,1-2H3,(H,14,15). The molecule has 1 heterocycles. The third-order valence-electron chi connectivity index (χ3n) is 2.19. The van der Waals surface area contributed by atoms with Crippen molar-refractivity contribution in [1.29, 1.82) is 0 Å². The lowest BCUT2D eigenvalue weighted by Crippen LogP contribution is -2.05. The largest absolute Gasteiger partial charge is 0.319 e. The van der Waals surface area contributed by atoms with Crippen molar-refractivity contribution in [3.05, 3.63) is 52.1 Å². The molecule has 0 aliphatic rings. The number of nitrogens with zero attached hydrogens (tertiary/aromatic N) is 1. The Morgan fingerprint density at radius 1 is 1.07 bits per heavy atom. The number of hydrogen-bond donors (Lipinski definition) is 1. The van der Waals surface area contributed by atoms with E-state index in [0.717, 1.165) is 11.3 Å². The summed E-state index contributed by atoms with van der Waals surface area (Å²) in [5.41, 5.74) is 3.93. The topological polar surface area (TPSA) is 45.8 Å². The van der Waals surface area contributed by atoms with Crippen LogP contribution in [0.25, 0.3) is 11.3 Å². The fourth-order valence-corrected chi connectivity index (χ4v) is 1.65. The summed E-state index contributed by atoms with van der Waals surface area (Å²) < 4.78 is 0. The zero-order chi connectivity index (χ0) is 10.8. The van der Waals surface area contributed by atoms with E-state index in [4.69, 9.17) is 0 Å². The highest BCUT2D eigenvalue weighted by molar-refractivity contribution is 5.60. The van der Waals surface area contributed by atoms with Gasteiger partial charge in [0.25, 0.3) is 5.56 Å². The van der Waals surface area contributed by atoms with Crippen molar-refractivity contribution in [2.75, 3.05) is 0 Å². The van der Waals surface area contributed by atoms with Crippen LogP contribution >= 0.6 is 0 Å². The highest BCUT2D eigenvalue weighted by atomic mass is 16.1. The highest BCUT2D eigenvalue weighted by Gasteiger charge is 2.00. The SMILES string of the molecule is Cc1cc(C)cc(-c2cncc(=O)[nH]2)c1. The molecule has 1 aromatic carbocycles. The van der Waals surface area contributed by atoms with Gasteiger partial charge in [-0.3, -0.25) is 9.78 Å². The van der Waals surface area contributed by atoms with Crippen molar-refractivity contribution in [2.24, 2.45) is 0 Å². The predicted octanol–water partition coefficient (Wildman–Crippen LogP) is 2.05. The van der Waals surface area contributed by atoms with Crippen LogP contribution in [0.5, 0.6) is 0 Å². The molecule has 0 unspecified atom stereocenters. The van der Waals surface area contributed by atoms with E-state index in [0.29, 0.717) is 0 Å². The summed E-state index contributed by atoms with van der Waals surface area (Å²) in [4.78, 5) is 17.8. The van der Waals surface area contributed by atoms with Gasteiger partial charge in [0.2, 0.25) is 0 Å². The molecule has 3 heteroatoms. The summed E-state index contributed by atoms with van der Waals surface area (Å²) in [6.45, 7) is 4.07. The van der Waals surface area contributed by atoms with Gasteiger partial charge in [-0.05, 0) is 26.0 Å². The second kappa shape index (κ2) is 3.69. The van der Waals surface area contributed by atoms with Crippen LogP contribution in [-0.4, -0.2) is 9.97 Å². The molecule has 15 heavy (non-hydrogen) atoms. The predicted molar refractivity (Wildman–Crippen MR) is 59.8 cm³/mol. The van der Waals surface area contributed by atoms with Crippen LogP contribution in [0.2, 0.25) is 0 Å². The van der Waals surface area contributed by atoms with Gasteiger partial charge in [-0.25, -0.2) is 0 Å². The first-order chi connectivity index (χ1) is 7.15. The minimum absolute atomic E-state index is 0.174. The Morgan fingerprint density at radius 3 is 2.33 bits per heavy atom. The van der Waals surface area contributed by atoms with Crippen molar-refractivity contribution >= 4 is 0 Å². The number of aromatic nitrogens is 2. The quantitative estimate of drug-likeness (QED) is 0.765. The molecule has 3 nitrogen and oxygen atoms in total. The molecule has 1 N–H and O–H groups in total. The first-order valence-electron chi connectivity index (χ1n) is 4.78. The Labute approximate surface area is 87.8 Å². The number of H-pyrrole nitrogens is 1. The van der Waals surface area contributed by atoms with Crippen molar-refractivity contribution in [2.45, 2.75) is 13.8 Å². The van der Waals surface area contributed by atoms with Gasteiger partial charge in [0.05, 0.1) is 18.1 Å². The molecular weight excluding hydrogens is 188 g/mol. The Hall–Kier alpha value is -1.90. The second-order valence-electron chi connectivity index (χ2n) is 3.69. The molecule has 0 spiro atoms. The molecule has 0 atom stereocenters. The van der Waals surface area contributed by atoms with Crippen LogP contribution in [0.1, 0.15) is 11.1 Å². The zero-order valence-corrected chi connectivity index (χ0v) is 8.74. The van der Waals surface area contributed by atoms with Crippen LogP contribution in [0.15, 0.2) is 35.4 Å². The van der Waals surface area contributed by atoms with Crippen LogP contribution in [0.3, 0.4) is 0 Å². The zero-order valence-electron chi connectivity index (χ0n) is 8.74. The first kappa shape index (κ1) is 9.65. The van der Waals surface area contributed by atoms with Gasteiger partial charge in [-0.15, -0.1) is 0 Å². The van der Waals surface area contributed by atoms with Crippen molar-refractivity contribution in [3.8, 4) is 11.3 Å². The average molecular weight is 200 g/mol. The van der Waals surface area contributed by atoms with E-state index in [-0.39, 0.29) is 5.56 Å². The van der Waals surface area contributed by atoms with E-state index in [1.807, 2.05) is 26.0 Å². The van der Waals surface area contributed by atoms with Gasteiger partial charge in [-0.1, -0.05) is 17.2 Å². The monoisotopic (exact) mass is 200 g/mol. The molecule has 0 amide bonds. The summed E-state index contributed by atoms with van der Waals surface area (Å²) in [7, 11) is 0. The summed E-state index contributed by atoms with van der Waals surface area (Å²) in [6.07, 6.45) is 2.93. The maximum Gasteiger partial charge on any atom is 0.266 e. The van der Waals surface area contributed by atoms with Crippen LogP contribution in [0.4, 0.5) is 0 Å². The van der Waals surface area contributed by atoms with Gasteiger partial charge < -0.3 is 4.98 Å². The molecular formula is C12H12N2O. The Balaban J connectivity index is 2.58. The van der Waals surface area contributed by atoms with E-state index in [2.05, 4.69) is 16.0 Å². The maximum absolute atomic E-state index is 11.1. The third kappa shape index (κ3) is 2.13. The summed E-state index contributed by atoms with van der Waals surface area (Å²) in [5, 5.41) is 0. The molecule has 76 valence electrons. The van der Waals surface area contributed by atoms with Crippen molar-refractivity contribution in [1.82, 2.24) is 9.97 Å². The van der Waals surface area contributed by atoms with Gasteiger partial charge in [0.15, 0.2) is 0 Å². The number of aryl methyl sites for hydroxylation is 2. The number of aromatic amines is 1. The fourth-order valence-electron chi connectivity index (χ4n) is 1.65. The van der Waals surface area contributed by atoms with E-state index in [1.165, 1.54) is 17.3 Å². The number of rotatable bonds is 1. The highest BCUT2D eigenvalue weighted by Crippen LogP contribution is 2.18. The number of hydrogen-bond acceptors (Lipinski definition) is 2. The molecule has 0 saturated carbocycles. The second-order valence-corrected chi connectivity index (χ2v) is 3.69. The molecule has 0 saturated heterocycles. The summed E-state index contributed by atoms with van der Waals surface area (Å²) in [6, 6.07) is 6.15. The van der Waals surface area contributed by atoms with E-state index in [9.17, 15) is 4.79 Å². The lowest BCUT2D eigenvalue weighted by atomic mass is 10.1. The lowest BCUT2D eigenvalue weighted by Gasteiger charge is -2.03. The van der Waals surface area contributed by atoms with E-state index < -0.39 is 0 Å². The Kier molecular flexibility index (Phi) is 2.37. The molecule has 1 aromatic heterocycles. The van der Waals surface area contributed by atoms with Crippen molar-refractivity contribution < 1.29 is 0 Å². The molecule has 2 aromatic rings. The number of nitrogens with one attached hydrogen (secondary N) is 1. The van der Waals surface area contributed by atoms with Gasteiger partial charge in [-0.2, -0.15) is 0 Å². The molecule has 2 rings (SSSR count).